The molecule has 37 heavy (non-hydrogen) atoms. The van der Waals surface area contributed by atoms with E-state index in [0.717, 1.165) is 12.2 Å². The van der Waals surface area contributed by atoms with E-state index in [9.17, 15) is 22.6 Å². The third kappa shape index (κ3) is 6.49. The number of benzene rings is 4. The Hall–Kier alpha value is -3.84. The van der Waals surface area contributed by atoms with Gasteiger partial charge in [-0.15, -0.1) is 0 Å². The molecule has 0 aliphatic heterocycles. The van der Waals surface area contributed by atoms with Gasteiger partial charge >= 0.3 is 11.9 Å². The summed E-state index contributed by atoms with van der Waals surface area (Å²) in [7, 11) is -6.43. The Labute approximate surface area is 216 Å². The first-order valence-electron chi connectivity index (χ1n) is 11.2. The molecule has 2 N–H and O–H groups in total. The Morgan fingerprint density at radius 3 is 1.24 bits per heavy atom. The minimum atomic E-state index is -4.89. The Morgan fingerprint density at radius 2 is 1.00 bits per heavy atom. The van der Waals surface area contributed by atoms with Gasteiger partial charge in [0.2, 0.25) is 0 Å². The molecule has 0 aromatic heterocycles. The van der Waals surface area contributed by atoms with E-state index < -0.39 is 45.3 Å². The highest BCUT2D eigenvalue weighted by Gasteiger charge is 2.43. The molecule has 0 aliphatic carbocycles. The van der Waals surface area contributed by atoms with Gasteiger partial charge in [-0.1, -0.05) is 54.6 Å². The average molecular weight is 537 g/mol. The first-order valence-corrected chi connectivity index (χ1v) is 14.6. The van der Waals surface area contributed by atoms with E-state index in [-0.39, 0.29) is 0 Å². The van der Waals surface area contributed by atoms with Crippen LogP contribution >= 0.6 is 7.26 Å². The van der Waals surface area contributed by atoms with Crippen LogP contribution in [0.3, 0.4) is 0 Å². The van der Waals surface area contributed by atoms with Crippen LogP contribution in [0.2, 0.25) is 0 Å². The van der Waals surface area contributed by atoms with E-state index in [1.807, 2.05) is 0 Å². The van der Waals surface area contributed by atoms with Crippen LogP contribution in [0, 0.1) is 0 Å². The van der Waals surface area contributed by atoms with Crippen molar-refractivity contribution in [2.75, 3.05) is 6.16 Å². The van der Waals surface area contributed by atoms with Gasteiger partial charge in [-0.2, -0.15) is 0 Å². The molecule has 4 rings (SSSR count). The quantitative estimate of drug-likeness (QED) is 0.270. The largest absolute Gasteiger partial charge is 0.744 e. The second-order valence-electron chi connectivity index (χ2n) is 7.94. The molecule has 0 fully saturated rings. The molecule has 0 bridgehead atoms. The first kappa shape index (κ1) is 27.7. The van der Waals surface area contributed by atoms with Crippen LogP contribution in [0.15, 0.2) is 114 Å². The standard InChI is InChI=1S/C20H20P.C8H6O7S/c1-2-21(18-12-6-3-7-13-18,19-14-8-4-9-15-19)20-16-10-5-11-17-20;9-7(10)4-1-5(8(11)12)3-6(2-4)16(13,14)15/h3-17H,2H2,1H3;1-3H,(H,9,10)(H,11,12)(H,13,14,15)/q+1;/p-1. The van der Waals surface area contributed by atoms with Gasteiger partial charge in [0.25, 0.3) is 0 Å². The lowest BCUT2D eigenvalue weighted by Crippen LogP contribution is -2.32. The minimum absolute atomic E-state index is 0.575. The molecule has 0 radical (unpaired) electrons. The number of carboxylic acid groups (broad SMARTS) is 2. The number of carbonyl (C=O) groups is 2. The topological polar surface area (TPSA) is 132 Å². The summed E-state index contributed by atoms with van der Waals surface area (Å²) in [4.78, 5) is 20.2. The zero-order valence-electron chi connectivity index (χ0n) is 19.9. The van der Waals surface area contributed by atoms with Gasteiger partial charge in [0.05, 0.1) is 22.2 Å². The zero-order valence-corrected chi connectivity index (χ0v) is 21.6. The van der Waals surface area contributed by atoms with E-state index in [0.29, 0.717) is 12.1 Å². The molecule has 0 atom stereocenters. The summed E-state index contributed by atoms with van der Waals surface area (Å²) in [5, 5.41) is 21.6. The fraction of sp³-hybridized carbons (Fsp3) is 0.0714. The summed E-state index contributed by atoms with van der Waals surface area (Å²) >= 11 is 0. The molecule has 4 aromatic rings. The zero-order chi connectivity index (χ0) is 27.1. The van der Waals surface area contributed by atoms with Crippen LogP contribution in [0.25, 0.3) is 0 Å². The van der Waals surface area contributed by atoms with E-state index in [1.165, 1.54) is 15.9 Å². The summed E-state index contributed by atoms with van der Waals surface area (Å²) in [6, 6.07) is 35.0. The third-order valence-corrected chi connectivity index (χ3v) is 11.1. The molecule has 0 aliphatic rings. The number of hydrogen-bond donors (Lipinski definition) is 2. The highest BCUT2D eigenvalue weighted by Crippen LogP contribution is 2.54. The molecule has 0 unspecified atom stereocenters. The number of carboxylic acids is 2. The van der Waals surface area contributed by atoms with Crippen molar-refractivity contribution in [2.24, 2.45) is 0 Å². The fourth-order valence-corrected chi connectivity index (χ4v) is 8.61. The SMILES string of the molecule is CC[P+](c1ccccc1)(c1ccccc1)c1ccccc1.O=C(O)c1cc(C(=O)O)cc(S(=O)(=O)[O-])c1. The Morgan fingerprint density at radius 1 is 0.676 bits per heavy atom. The molecule has 190 valence electrons. The minimum Gasteiger partial charge on any atom is -0.744 e. The maximum absolute atomic E-state index is 10.6. The number of aromatic carboxylic acids is 2. The van der Waals surface area contributed by atoms with E-state index in [1.54, 1.807) is 0 Å². The van der Waals surface area contributed by atoms with Crippen LogP contribution in [0.5, 0.6) is 0 Å². The summed E-state index contributed by atoms with van der Waals surface area (Å²) in [6.45, 7) is 2.32. The van der Waals surface area contributed by atoms with E-state index >= 15 is 0 Å². The van der Waals surface area contributed by atoms with Gasteiger partial charge in [-0.25, -0.2) is 18.0 Å². The van der Waals surface area contributed by atoms with Gasteiger partial charge in [0.15, 0.2) is 0 Å². The van der Waals surface area contributed by atoms with Crippen molar-refractivity contribution in [1.29, 1.82) is 0 Å². The van der Waals surface area contributed by atoms with Crippen molar-refractivity contribution in [3.63, 3.8) is 0 Å². The smallest absolute Gasteiger partial charge is 0.335 e. The summed E-state index contributed by atoms with van der Waals surface area (Å²) in [6.07, 6.45) is 1.14. The Kier molecular flexibility index (Phi) is 8.95. The summed E-state index contributed by atoms with van der Waals surface area (Å²) < 4.78 is 31.9. The van der Waals surface area contributed by atoms with Crippen LogP contribution < -0.4 is 15.9 Å². The Balaban J connectivity index is 0.000000214. The van der Waals surface area contributed by atoms with Crippen molar-refractivity contribution >= 4 is 45.2 Å². The lowest BCUT2D eigenvalue weighted by Gasteiger charge is -2.26. The maximum atomic E-state index is 10.6. The molecule has 0 spiro atoms. The van der Waals surface area contributed by atoms with Crippen molar-refractivity contribution < 1.29 is 32.8 Å². The summed E-state index contributed by atoms with van der Waals surface area (Å²) in [5.41, 5.74) is -1.15. The van der Waals surface area contributed by atoms with Crippen LogP contribution in [-0.2, 0) is 10.1 Å². The molecular weight excluding hydrogens is 511 g/mol. The average Bonchev–Trinajstić information content (AvgIpc) is 2.91. The second-order valence-corrected chi connectivity index (χ2v) is 13.1. The van der Waals surface area contributed by atoms with E-state index in [2.05, 4.69) is 97.9 Å². The molecule has 4 aromatic carbocycles. The molecule has 9 heteroatoms. The van der Waals surface area contributed by atoms with Crippen LogP contribution in [-0.4, -0.2) is 41.3 Å². The number of hydrogen-bond acceptors (Lipinski definition) is 5. The highest BCUT2D eigenvalue weighted by atomic mass is 32.2. The van der Waals surface area contributed by atoms with Gasteiger partial charge in [0, 0.05) is 0 Å². The lowest BCUT2D eigenvalue weighted by atomic mass is 10.1. The molecular formula is C28H25O7PS. The normalized spacial score (nSPS) is 11.2. The molecule has 7 nitrogen and oxygen atoms in total. The van der Waals surface area contributed by atoms with Gasteiger partial charge < -0.3 is 14.8 Å². The maximum Gasteiger partial charge on any atom is 0.335 e. The highest BCUT2D eigenvalue weighted by molar-refractivity contribution is 7.95. The van der Waals surface area contributed by atoms with Crippen molar-refractivity contribution in [3.05, 3.63) is 120 Å². The lowest BCUT2D eigenvalue weighted by molar-refractivity contribution is 0.0696. The van der Waals surface area contributed by atoms with Crippen molar-refractivity contribution in [1.82, 2.24) is 0 Å². The first-order chi connectivity index (χ1) is 17.6. The van der Waals surface area contributed by atoms with Crippen LogP contribution in [0.1, 0.15) is 27.6 Å². The van der Waals surface area contributed by atoms with Crippen molar-refractivity contribution in [2.45, 2.75) is 11.8 Å². The number of rotatable bonds is 7. The van der Waals surface area contributed by atoms with Crippen LogP contribution in [0.4, 0.5) is 0 Å². The van der Waals surface area contributed by atoms with E-state index in [4.69, 9.17) is 10.2 Å². The van der Waals surface area contributed by atoms with Gasteiger partial charge in [0.1, 0.15) is 33.3 Å². The fourth-order valence-electron chi connectivity index (χ4n) is 4.03. The summed E-state index contributed by atoms with van der Waals surface area (Å²) in [5.74, 6) is -3.04. The third-order valence-electron chi connectivity index (χ3n) is 5.75. The second kappa shape index (κ2) is 11.9. The monoisotopic (exact) mass is 536 g/mol. The van der Waals surface area contributed by atoms with Crippen molar-refractivity contribution in [3.8, 4) is 0 Å². The van der Waals surface area contributed by atoms with Gasteiger partial charge in [-0.05, 0) is 61.5 Å². The molecule has 0 saturated heterocycles. The predicted octanol–water partition coefficient (Wildman–Crippen LogP) is 3.99. The Bertz CT molecular complexity index is 1340. The van der Waals surface area contributed by atoms with Gasteiger partial charge in [-0.3, -0.25) is 0 Å². The predicted molar refractivity (Wildman–Crippen MR) is 144 cm³/mol. The molecule has 0 saturated carbocycles. The molecule has 0 heterocycles. The molecule has 0 amide bonds.